The summed E-state index contributed by atoms with van der Waals surface area (Å²) in [5, 5.41) is 2.97. The van der Waals surface area contributed by atoms with Crippen LogP contribution in [0.3, 0.4) is 0 Å². The van der Waals surface area contributed by atoms with E-state index in [1.807, 2.05) is 31.3 Å². The first-order valence-corrected chi connectivity index (χ1v) is 6.35. The normalized spacial score (nSPS) is 20.7. The second kappa shape index (κ2) is 5.62. The van der Waals surface area contributed by atoms with Gasteiger partial charge in [-0.2, -0.15) is 0 Å². The summed E-state index contributed by atoms with van der Waals surface area (Å²) in [6.45, 7) is 1.74. The van der Waals surface area contributed by atoms with Crippen molar-refractivity contribution >= 4 is 27.5 Å². The van der Waals surface area contributed by atoms with E-state index in [1.54, 1.807) is 4.90 Å². The van der Waals surface area contributed by atoms with Crippen LogP contribution in [0.25, 0.3) is 0 Å². The van der Waals surface area contributed by atoms with Gasteiger partial charge in [-0.15, -0.1) is 0 Å². The van der Waals surface area contributed by atoms with Gasteiger partial charge in [0.2, 0.25) is 0 Å². The highest BCUT2D eigenvalue weighted by Crippen LogP contribution is 2.21. The fourth-order valence-electron chi connectivity index (χ4n) is 1.85. The first-order chi connectivity index (χ1) is 8.22. The summed E-state index contributed by atoms with van der Waals surface area (Å²) in [4.78, 5) is 13.9. The number of benzene rings is 1. The number of anilines is 1. The van der Waals surface area contributed by atoms with E-state index in [-0.39, 0.29) is 12.0 Å². The number of amides is 1. The Morgan fingerprint density at radius 3 is 2.82 bits per heavy atom. The van der Waals surface area contributed by atoms with Gasteiger partial charge in [-0.1, -0.05) is 15.9 Å². The number of morpholine rings is 1. The SMILES string of the molecule is CNCC1OCCN(c2ccc(Br)cc2)C1=O. The van der Waals surface area contributed by atoms with Crippen LogP contribution in [0.2, 0.25) is 0 Å². The smallest absolute Gasteiger partial charge is 0.257 e. The number of likely N-dealkylation sites (N-methyl/N-ethyl adjacent to an activating group) is 1. The van der Waals surface area contributed by atoms with Gasteiger partial charge in [-0.3, -0.25) is 4.79 Å². The minimum absolute atomic E-state index is 0.0212. The Labute approximate surface area is 109 Å². The van der Waals surface area contributed by atoms with Gasteiger partial charge in [-0.05, 0) is 31.3 Å². The number of ether oxygens (including phenoxy) is 1. The van der Waals surface area contributed by atoms with E-state index in [1.165, 1.54) is 0 Å². The molecule has 2 rings (SSSR count). The van der Waals surface area contributed by atoms with Crippen molar-refractivity contribution in [2.24, 2.45) is 0 Å². The summed E-state index contributed by atoms with van der Waals surface area (Å²) >= 11 is 3.38. The first kappa shape index (κ1) is 12.5. The lowest BCUT2D eigenvalue weighted by molar-refractivity contribution is -0.133. The molecule has 1 N–H and O–H groups in total. The Bertz CT molecular complexity index is 392. The zero-order valence-corrected chi connectivity index (χ0v) is 11.2. The van der Waals surface area contributed by atoms with Crippen molar-refractivity contribution in [3.05, 3.63) is 28.7 Å². The monoisotopic (exact) mass is 298 g/mol. The third kappa shape index (κ3) is 2.86. The maximum Gasteiger partial charge on any atom is 0.257 e. The Kier molecular flexibility index (Phi) is 4.15. The van der Waals surface area contributed by atoms with Crippen molar-refractivity contribution < 1.29 is 9.53 Å². The molecular formula is C12H15BrN2O2. The van der Waals surface area contributed by atoms with Gasteiger partial charge in [0.1, 0.15) is 6.10 Å². The summed E-state index contributed by atoms with van der Waals surface area (Å²) in [5.41, 5.74) is 0.919. The molecular weight excluding hydrogens is 284 g/mol. The maximum atomic E-state index is 12.2. The highest BCUT2D eigenvalue weighted by atomic mass is 79.9. The average molecular weight is 299 g/mol. The Hall–Kier alpha value is -0.910. The molecule has 1 aliphatic heterocycles. The van der Waals surface area contributed by atoms with E-state index in [4.69, 9.17) is 4.74 Å². The molecule has 0 saturated carbocycles. The van der Waals surface area contributed by atoms with Crippen molar-refractivity contribution in [2.75, 3.05) is 31.6 Å². The van der Waals surface area contributed by atoms with Crippen LogP contribution in [0, 0.1) is 0 Å². The number of carbonyl (C=O) groups excluding carboxylic acids is 1. The van der Waals surface area contributed by atoms with Crippen LogP contribution in [0.1, 0.15) is 0 Å². The van der Waals surface area contributed by atoms with Crippen LogP contribution in [-0.4, -0.2) is 38.8 Å². The molecule has 0 radical (unpaired) electrons. The second-order valence-corrected chi connectivity index (χ2v) is 4.80. The molecule has 4 nitrogen and oxygen atoms in total. The Morgan fingerprint density at radius 2 is 2.18 bits per heavy atom. The van der Waals surface area contributed by atoms with Crippen molar-refractivity contribution in [2.45, 2.75) is 6.10 Å². The molecule has 5 heteroatoms. The molecule has 0 aliphatic carbocycles. The molecule has 0 spiro atoms. The van der Waals surface area contributed by atoms with Crippen molar-refractivity contribution in [3.8, 4) is 0 Å². The van der Waals surface area contributed by atoms with E-state index in [0.717, 1.165) is 10.2 Å². The molecule has 92 valence electrons. The molecule has 1 amide bonds. The predicted molar refractivity (Wildman–Crippen MR) is 70.2 cm³/mol. The van der Waals surface area contributed by atoms with Crippen LogP contribution in [0.4, 0.5) is 5.69 Å². The number of carbonyl (C=O) groups is 1. The lowest BCUT2D eigenvalue weighted by atomic mass is 10.2. The molecule has 1 unspecified atom stereocenters. The minimum Gasteiger partial charge on any atom is -0.365 e. The fourth-order valence-corrected chi connectivity index (χ4v) is 2.11. The second-order valence-electron chi connectivity index (χ2n) is 3.88. The third-order valence-electron chi connectivity index (χ3n) is 2.70. The zero-order valence-electron chi connectivity index (χ0n) is 9.65. The largest absolute Gasteiger partial charge is 0.365 e. The van der Waals surface area contributed by atoms with Crippen LogP contribution in [0.15, 0.2) is 28.7 Å². The number of nitrogens with zero attached hydrogens (tertiary/aromatic N) is 1. The zero-order chi connectivity index (χ0) is 12.3. The van der Waals surface area contributed by atoms with Crippen molar-refractivity contribution in [3.63, 3.8) is 0 Å². The molecule has 0 aromatic heterocycles. The lowest BCUT2D eigenvalue weighted by Gasteiger charge is -2.32. The number of rotatable bonds is 3. The van der Waals surface area contributed by atoms with Crippen molar-refractivity contribution in [1.29, 1.82) is 0 Å². The van der Waals surface area contributed by atoms with Crippen LogP contribution in [-0.2, 0) is 9.53 Å². The average Bonchev–Trinajstić information content (AvgIpc) is 2.34. The fraction of sp³-hybridized carbons (Fsp3) is 0.417. The summed E-state index contributed by atoms with van der Waals surface area (Å²) < 4.78 is 6.45. The number of hydrogen-bond acceptors (Lipinski definition) is 3. The Balaban J connectivity index is 2.14. The van der Waals surface area contributed by atoms with Gasteiger partial charge in [0, 0.05) is 23.2 Å². The molecule has 1 saturated heterocycles. The lowest BCUT2D eigenvalue weighted by Crippen LogP contribution is -2.51. The number of hydrogen-bond donors (Lipinski definition) is 1. The van der Waals surface area contributed by atoms with Crippen molar-refractivity contribution in [1.82, 2.24) is 5.32 Å². The first-order valence-electron chi connectivity index (χ1n) is 5.55. The highest BCUT2D eigenvalue weighted by molar-refractivity contribution is 9.10. The van der Waals surface area contributed by atoms with E-state index in [9.17, 15) is 4.79 Å². The molecule has 0 bridgehead atoms. The molecule has 1 aliphatic rings. The molecule has 1 heterocycles. The van der Waals surface area contributed by atoms with Crippen LogP contribution < -0.4 is 10.2 Å². The quantitative estimate of drug-likeness (QED) is 0.917. The van der Waals surface area contributed by atoms with Gasteiger partial charge in [0.05, 0.1) is 6.61 Å². The molecule has 17 heavy (non-hydrogen) atoms. The van der Waals surface area contributed by atoms with Crippen LogP contribution in [0.5, 0.6) is 0 Å². The van der Waals surface area contributed by atoms with Gasteiger partial charge < -0.3 is 15.0 Å². The third-order valence-corrected chi connectivity index (χ3v) is 3.23. The van der Waals surface area contributed by atoms with Crippen LogP contribution >= 0.6 is 15.9 Å². The van der Waals surface area contributed by atoms with Gasteiger partial charge in [-0.25, -0.2) is 0 Å². The minimum atomic E-state index is -0.377. The van der Waals surface area contributed by atoms with Gasteiger partial charge >= 0.3 is 0 Å². The molecule has 1 aromatic carbocycles. The molecule has 1 aromatic rings. The number of halogens is 1. The summed E-state index contributed by atoms with van der Waals surface area (Å²) in [6.07, 6.45) is -0.377. The molecule has 1 fully saturated rings. The predicted octanol–water partition coefficient (Wildman–Crippen LogP) is 1.40. The van der Waals surface area contributed by atoms with E-state index < -0.39 is 0 Å². The number of nitrogens with one attached hydrogen (secondary N) is 1. The maximum absolute atomic E-state index is 12.2. The van der Waals surface area contributed by atoms with E-state index in [0.29, 0.717) is 19.7 Å². The van der Waals surface area contributed by atoms with E-state index in [2.05, 4.69) is 21.2 Å². The Morgan fingerprint density at radius 1 is 1.47 bits per heavy atom. The van der Waals surface area contributed by atoms with E-state index >= 15 is 0 Å². The highest BCUT2D eigenvalue weighted by Gasteiger charge is 2.29. The summed E-state index contributed by atoms with van der Waals surface area (Å²) in [7, 11) is 1.81. The summed E-state index contributed by atoms with van der Waals surface area (Å²) in [6, 6.07) is 7.74. The summed E-state index contributed by atoms with van der Waals surface area (Å²) in [5.74, 6) is 0.0212. The van der Waals surface area contributed by atoms with Gasteiger partial charge in [0.25, 0.3) is 5.91 Å². The van der Waals surface area contributed by atoms with Gasteiger partial charge in [0.15, 0.2) is 0 Å². The molecule has 1 atom stereocenters. The standard InChI is InChI=1S/C12H15BrN2O2/c1-14-8-11-12(16)15(6-7-17-11)10-4-2-9(13)3-5-10/h2-5,11,14H,6-8H2,1H3. The topological polar surface area (TPSA) is 41.6 Å².